The number of rotatable bonds is 4. The van der Waals surface area contributed by atoms with E-state index in [9.17, 15) is 0 Å². The molecular formula is C17H26N4S. The summed E-state index contributed by atoms with van der Waals surface area (Å²) in [6.07, 6.45) is 4.13. The van der Waals surface area contributed by atoms with Gasteiger partial charge >= 0.3 is 0 Å². The van der Waals surface area contributed by atoms with E-state index in [4.69, 9.17) is 5.26 Å². The first-order valence-corrected chi connectivity index (χ1v) is 9.25. The third-order valence-corrected chi connectivity index (χ3v) is 5.94. The molecule has 0 amide bonds. The molecule has 2 aliphatic heterocycles. The Kier molecular flexibility index (Phi) is 5.48. The van der Waals surface area contributed by atoms with Gasteiger partial charge in [0.1, 0.15) is 6.07 Å². The molecule has 22 heavy (non-hydrogen) atoms. The minimum Gasteiger partial charge on any atom is -0.302 e. The molecule has 0 aliphatic carbocycles. The molecule has 4 nitrogen and oxygen atoms in total. The molecule has 0 saturated carbocycles. The molecule has 0 aromatic carbocycles. The van der Waals surface area contributed by atoms with E-state index >= 15 is 0 Å². The van der Waals surface area contributed by atoms with Crippen molar-refractivity contribution in [2.75, 3.05) is 46.3 Å². The topological polar surface area (TPSA) is 33.5 Å². The van der Waals surface area contributed by atoms with Crippen molar-refractivity contribution >= 4 is 11.3 Å². The van der Waals surface area contributed by atoms with Gasteiger partial charge in [-0.2, -0.15) is 5.26 Å². The molecule has 120 valence electrons. The zero-order valence-corrected chi connectivity index (χ0v) is 14.3. The van der Waals surface area contributed by atoms with E-state index < -0.39 is 0 Å². The Bertz CT molecular complexity index is 513. The molecule has 1 aromatic rings. The van der Waals surface area contributed by atoms with Crippen molar-refractivity contribution in [1.82, 2.24) is 14.7 Å². The zero-order chi connectivity index (χ0) is 15.4. The van der Waals surface area contributed by atoms with Gasteiger partial charge in [-0.3, -0.25) is 9.80 Å². The van der Waals surface area contributed by atoms with Crippen LogP contribution in [0.4, 0.5) is 0 Å². The molecule has 5 heteroatoms. The normalized spacial score (nSPS) is 25.2. The van der Waals surface area contributed by atoms with Crippen molar-refractivity contribution in [3.05, 3.63) is 21.9 Å². The smallest absolute Gasteiger partial charge is 0.100 e. The summed E-state index contributed by atoms with van der Waals surface area (Å²) >= 11 is 1.71. The fourth-order valence-electron chi connectivity index (χ4n) is 3.55. The Hall–Kier alpha value is -0.930. The highest BCUT2D eigenvalue weighted by atomic mass is 32.1. The molecule has 3 rings (SSSR count). The highest BCUT2D eigenvalue weighted by molar-refractivity contribution is 7.10. The Balaban J connectivity index is 1.43. The predicted molar refractivity (Wildman–Crippen MR) is 91.0 cm³/mol. The third-order valence-electron chi connectivity index (χ3n) is 5.02. The van der Waals surface area contributed by atoms with Gasteiger partial charge in [0.05, 0.1) is 5.56 Å². The highest BCUT2D eigenvalue weighted by Gasteiger charge is 2.24. The minimum atomic E-state index is 0.760. The first-order valence-electron chi connectivity index (χ1n) is 8.37. The number of hydrogen-bond donors (Lipinski definition) is 0. The van der Waals surface area contributed by atoms with Crippen LogP contribution in [0.25, 0.3) is 0 Å². The van der Waals surface area contributed by atoms with Crippen molar-refractivity contribution in [3.8, 4) is 6.07 Å². The predicted octanol–water partition coefficient (Wildman–Crippen LogP) is 2.22. The summed E-state index contributed by atoms with van der Waals surface area (Å²) in [5.74, 6) is 0. The molecule has 1 aromatic heterocycles. The number of likely N-dealkylation sites (N-methyl/N-ethyl adjacent to an activating group) is 1. The summed E-state index contributed by atoms with van der Waals surface area (Å²) in [5.41, 5.74) is 0.805. The second-order valence-corrected chi connectivity index (χ2v) is 7.62. The maximum Gasteiger partial charge on any atom is 0.100 e. The molecule has 1 atom stereocenters. The van der Waals surface area contributed by atoms with Gasteiger partial charge in [-0.1, -0.05) is 6.42 Å². The maximum absolute atomic E-state index is 8.90. The largest absolute Gasteiger partial charge is 0.302 e. The molecule has 0 radical (unpaired) electrons. The fourth-order valence-corrected chi connectivity index (χ4v) is 4.40. The number of likely N-dealkylation sites (tertiary alicyclic amines) is 1. The second-order valence-electron chi connectivity index (χ2n) is 6.62. The minimum absolute atomic E-state index is 0.760. The molecule has 0 N–H and O–H groups in total. The van der Waals surface area contributed by atoms with Crippen molar-refractivity contribution in [2.24, 2.45) is 0 Å². The van der Waals surface area contributed by atoms with Gasteiger partial charge in [0, 0.05) is 55.6 Å². The number of thiophene rings is 1. The molecule has 2 fully saturated rings. The summed E-state index contributed by atoms with van der Waals surface area (Å²) < 4.78 is 0. The van der Waals surface area contributed by atoms with Crippen LogP contribution >= 0.6 is 11.3 Å². The molecular weight excluding hydrogens is 292 g/mol. The number of hydrogen-bond acceptors (Lipinski definition) is 5. The summed E-state index contributed by atoms with van der Waals surface area (Å²) in [6, 6.07) is 5.02. The monoisotopic (exact) mass is 318 g/mol. The average molecular weight is 318 g/mol. The molecule has 0 spiro atoms. The van der Waals surface area contributed by atoms with Crippen molar-refractivity contribution in [1.29, 1.82) is 5.26 Å². The van der Waals surface area contributed by atoms with Crippen LogP contribution in [0.3, 0.4) is 0 Å². The van der Waals surface area contributed by atoms with Crippen LogP contribution < -0.4 is 0 Å². The summed E-state index contributed by atoms with van der Waals surface area (Å²) in [7, 11) is 2.28. The Morgan fingerprint density at radius 3 is 2.64 bits per heavy atom. The number of piperazine rings is 1. The van der Waals surface area contributed by atoms with Crippen molar-refractivity contribution in [3.63, 3.8) is 0 Å². The van der Waals surface area contributed by atoms with E-state index in [1.165, 1.54) is 50.3 Å². The highest BCUT2D eigenvalue weighted by Crippen LogP contribution is 2.19. The van der Waals surface area contributed by atoms with E-state index in [2.05, 4.69) is 27.8 Å². The van der Waals surface area contributed by atoms with Gasteiger partial charge in [-0.25, -0.2) is 0 Å². The van der Waals surface area contributed by atoms with Crippen LogP contribution in [-0.2, 0) is 6.54 Å². The maximum atomic E-state index is 8.90. The van der Waals surface area contributed by atoms with Crippen molar-refractivity contribution < 1.29 is 0 Å². The van der Waals surface area contributed by atoms with Crippen LogP contribution in [0.15, 0.2) is 11.4 Å². The lowest BCUT2D eigenvalue weighted by Crippen LogP contribution is -2.51. The summed E-state index contributed by atoms with van der Waals surface area (Å²) in [5, 5.41) is 10.9. The van der Waals surface area contributed by atoms with E-state index in [-0.39, 0.29) is 0 Å². The molecule has 3 heterocycles. The summed E-state index contributed by atoms with van der Waals surface area (Å²) in [6.45, 7) is 8.17. The molecule has 1 unspecified atom stereocenters. The van der Waals surface area contributed by atoms with Gasteiger partial charge in [0.15, 0.2) is 0 Å². The van der Waals surface area contributed by atoms with E-state index in [0.29, 0.717) is 0 Å². The van der Waals surface area contributed by atoms with Crippen LogP contribution in [-0.4, -0.2) is 67.1 Å². The Labute approximate surface area is 137 Å². The SMILES string of the molecule is CN1CCCCC1CN1CCN(Cc2cc(C#N)cs2)CC1. The first kappa shape index (κ1) is 15.9. The van der Waals surface area contributed by atoms with Gasteiger partial charge in [0.2, 0.25) is 0 Å². The Morgan fingerprint density at radius 2 is 1.95 bits per heavy atom. The van der Waals surface area contributed by atoms with Crippen LogP contribution in [0.5, 0.6) is 0 Å². The Morgan fingerprint density at radius 1 is 1.18 bits per heavy atom. The van der Waals surface area contributed by atoms with Crippen LogP contribution in [0.1, 0.15) is 29.7 Å². The van der Waals surface area contributed by atoms with E-state index in [0.717, 1.165) is 31.2 Å². The first-order chi connectivity index (χ1) is 10.7. The molecule has 2 saturated heterocycles. The van der Waals surface area contributed by atoms with E-state index in [1.807, 2.05) is 11.4 Å². The van der Waals surface area contributed by atoms with E-state index in [1.54, 1.807) is 11.3 Å². The number of nitriles is 1. The van der Waals surface area contributed by atoms with Crippen LogP contribution in [0.2, 0.25) is 0 Å². The quantitative estimate of drug-likeness (QED) is 0.852. The fraction of sp³-hybridized carbons (Fsp3) is 0.706. The van der Waals surface area contributed by atoms with Crippen molar-refractivity contribution in [2.45, 2.75) is 31.8 Å². The number of nitrogens with zero attached hydrogens (tertiary/aromatic N) is 4. The zero-order valence-electron chi connectivity index (χ0n) is 13.5. The van der Waals surface area contributed by atoms with Gasteiger partial charge < -0.3 is 4.90 Å². The lowest BCUT2D eigenvalue weighted by Gasteiger charge is -2.40. The third kappa shape index (κ3) is 4.08. The molecule has 0 bridgehead atoms. The molecule has 2 aliphatic rings. The van der Waals surface area contributed by atoms with Gasteiger partial charge in [0.25, 0.3) is 0 Å². The van der Waals surface area contributed by atoms with Gasteiger partial charge in [-0.15, -0.1) is 11.3 Å². The van der Waals surface area contributed by atoms with Crippen LogP contribution in [0, 0.1) is 11.3 Å². The lowest BCUT2D eigenvalue weighted by atomic mass is 10.0. The summed E-state index contributed by atoms with van der Waals surface area (Å²) in [4.78, 5) is 9.02. The average Bonchev–Trinajstić information content (AvgIpc) is 2.99. The standard InChI is InChI=1S/C17H26N4S/c1-19-5-3-2-4-16(19)12-20-6-8-21(9-7-20)13-17-10-15(11-18)14-22-17/h10,14,16H,2-9,12-13H2,1H3. The lowest BCUT2D eigenvalue weighted by molar-refractivity contribution is 0.0822. The van der Waals surface area contributed by atoms with Gasteiger partial charge in [-0.05, 0) is 32.5 Å². The number of piperidine rings is 1. The second kappa shape index (κ2) is 7.56.